The van der Waals surface area contributed by atoms with E-state index in [0.717, 1.165) is 0 Å². The highest BCUT2D eigenvalue weighted by Gasteiger charge is 1.64. The molecule has 0 aromatic heterocycles. The highest BCUT2D eigenvalue weighted by Crippen LogP contribution is 1.35. The summed E-state index contributed by atoms with van der Waals surface area (Å²) in [6.07, 6.45) is 0.0833. The van der Waals surface area contributed by atoms with Crippen molar-refractivity contribution in [1.82, 2.24) is 0 Å². The quantitative estimate of drug-likeness (QED) is 0.269. The Morgan fingerprint density at radius 2 is 1.50 bits per heavy atom. The van der Waals surface area contributed by atoms with Gasteiger partial charge in [-0.1, -0.05) is 7.74 Å². The van der Waals surface area contributed by atoms with E-state index in [4.69, 9.17) is 15.5 Å². The fourth-order valence-electron chi connectivity index (χ4n) is 0. The Morgan fingerprint density at radius 1 is 1.50 bits per heavy atom. The molecule has 0 nitrogen and oxygen atoms in total. The zero-order valence-corrected chi connectivity index (χ0v) is 1.73. The Hall–Kier alpha value is 0.260. The van der Waals surface area contributed by atoms with Crippen molar-refractivity contribution in [2.45, 2.75) is 0 Å². The van der Waals surface area contributed by atoms with E-state index in [1.54, 1.807) is 0 Å². The van der Waals surface area contributed by atoms with Crippen LogP contribution in [0, 0.1) is 0 Å². The molecule has 0 amide bonds. The Kier molecular flexibility index (Phi) is 1.67. The lowest BCUT2D eigenvalue weighted by atomic mass is 9.08. The molecule has 0 aliphatic heterocycles. The van der Waals surface area contributed by atoms with Gasteiger partial charge in [-0.05, 0) is 15.5 Å². The van der Waals surface area contributed by atoms with Crippen molar-refractivity contribution in [3.8, 4) is 0 Å². The fourth-order valence-corrected chi connectivity index (χ4v) is 0. The summed E-state index contributed by atoms with van der Waals surface area (Å²) in [6, 6.07) is 0. The van der Waals surface area contributed by atoms with E-state index >= 15 is 0 Å². The molecular weight excluding hydrogens is 43.2 g/mol. The lowest BCUT2D eigenvalue weighted by Crippen LogP contribution is -2.11. The second-order valence-corrected chi connectivity index (χ2v) is 0.192. The highest BCUT2D eigenvalue weighted by molar-refractivity contribution is 7.49. The van der Waals surface area contributed by atoms with Crippen LogP contribution < -0.4 is 0 Å². The summed E-state index contributed by atoms with van der Waals surface area (Å²) in [7, 11) is 10.2. The molecule has 0 rings (SSSR count). The van der Waals surface area contributed by atoms with Crippen LogP contribution in [0.15, 0.2) is 0 Å². The summed E-state index contributed by atoms with van der Waals surface area (Å²) < 4.78 is 0. The summed E-state index contributed by atoms with van der Waals surface area (Å²) in [4.78, 5) is 0. The number of hydrogen-bond acceptors (Lipinski definition) is 0. The molecule has 0 atom stereocenters. The van der Waals surface area contributed by atoms with Gasteiger partial charge in [0.05, 0.1) is 0 Å². The molecule has 0 aromatic rings. The smallest absolute Gasteiger partial charge is 0.0354 e. The van der Waals surface area contributed by atoms with Crippen molar-refractivity contribution in [1.29, 1.82) is 0 Å². The maximum atomic E-state index is 5.00. The molecule has 4 radical (unpaired) electrons. The van der Waals surface area contributed by atoms with Crippen LogP contribution in [0.5, 0.6) is 0 Å². The Labute approximate surface area is 30.6 Å². The van der Waals surface area contributed by atoms with Crippen molar-refractivity contribution in [2.75, 3.05) is 0 Å². The van der Waals surface area contributed by atoms with E-state index in [1.807, 2.05) is 0 Å². The second kappa shape index (κ2) is 1.57. The first-order valence-corrected chi connectivity index (χ1v) is 0.667. The maximum Gasteiger partial charge on any atom is -0.0354 e. The molecule has 0 aromatic carbocycles. The lowest BCUT2D eigenvalue weighted by Gasteiger charge is -1.82. The number of hydrogen-bond donors (Lipinski definition) is 0. The third-order valence-corrected chi connectivity index (χ3v) is 0. The topological polar surface area (TPSA) is 0 Å². The van der Waals surface area contributed by atoms with E-state index < -0.39 is 0 Å². The minimum Gasteiger partial charge on any atom is -0.129 e. The molecule has 0 N–H and O–H groups in total. The SMILES string of the molecule is [B]B([B])[BH3-]. The molecule has 4 heavy (non-hydrogen) atoms. The fraction of sp³-hybridized carbons (Fsp3) is 0. The molecule has 0 saturated carbocycles. The van der Waals surface area contributed by atoms with Crippen molar-refractivity contribution in [3.63, 3.8) is 0 Å². The van der Waals surface area contributed by atoms with Crippen LogP contribution in [0.25, 0.3) is 0 Å². The Bertz CT molecular complexity index is 4.75. The van der Waals surface area contributed by atoms with Gasteiger partial charge in [0.25, 0.3) is 0 Å². The molecule has 0 saturated heterocycles. The van der Waals surface area contributed by atoms with E-state index in [9.17, 15) is 0 Å². The molecule has 16 valence electrons. The molecule has 0 aliphatic carbocycles. The summed E-state index contributed by atoms with van der Waals surface area (Å²) in [5.74, 6) is 0. The van der Waals surface area contributed by atoms with Gasteiger partial charge in [-0.2, -0.15) is 0 Å². The second-order valence-electron chi connectivity index (χ2n) is 0.192. The largest absolute Gasteiger partial charge is 0.129 e. The molecule has 0 spiro atoms. The van der Waals surface area contributed by atoms with E-state index in [2.05, 4.69) is 0 Å². The Balaban J connectivity index is 2.32. The summed E-state index contributed by atoms with van der Waals surface area (Å²) in [6.45, 7) is 0. The summed E-state index contributed by atoms with van der Waals surface area (Å²) >= 11 is 0. The van der Waals surface area contributed by atoms with Gasteiger partial charge in [0.1, 0.15) is 0 Å². The van der Waals surface area contributed by atoms with E-state index in [0.29, 0.717) is 0 Å². The molecule has 0 fully saturated rings. The van der Waals surface area contributed by atoms with Gasteiger partial charge in [0.2, 0.25) is 0 Å². The monoisotopic (exact) mass is 47.1 g/mol. The first kappa shape index (κ1) is 4.26. The predicted octanol–water partition coefficient (Wildman–Crippen LogP) is -2.33. The average molecular weight is 46.3 g/mol. The molecule has 0 bridgehead atoms. The van der Waals surface area contributed by atoms with Gasteiger partial charge in [-0.25, -0.2) is 0 Å². The zero-order valence-electron chi connectivity index (χ0n) is 1.73. The van der Waals surface area contributed by atoms with Gasteiger partial charge < -0.3 is 0 Å². The van der Waals surface area contributed by atoms with Crippen molar-refractivity contribution in [3.05, 3.63) is 0 Å². The van der Waals surface area contributed by atoms with Crippen molar-refractivity contribution < 1.29 is 0 Å². The average Bonchev–Trinajstić information content (AvgIpc) is 0.811. The number of rotatable bonds is 0. The minimum atomic E-state index is 0.0833. The van der Waals surface area contributed by atoms with Crippen LogP contribution in [-0.2, 0) is 0 Å². The van der Waals surface area contributed by atoms with Gasteiger partial charge in [-0.15, -0.1) is 6.39 Å². The van der Waals surface area contributed by atoms with Gasteiger partial charge in [0.15, 0.2) is 0 Å². The standard InChI is InChI=1S/B4H3/c1-4(2)3/h1H3/q-1. The van der Waals surface area contributed by atoms with Gasteiger partial charge in [-0.3, -0.25) is 0 Å². The molecular formula is H3B4-. The minimum absolute atomic E-state index is 0.0833. The third kappa shape index (κ3) is 53.2. The highest BCUT2D eigenvalue weighted by atomic mass is 12.5. The van der Waals surface area contributed by atoms with Gasteiger partial charge >= 0.3 is 0 Å². The van der Waals surface area contributed by atoms with Crippen LogP contribution >= 0.6 is 0 Å². The van der Waals surface area contributed by atoms with Crippen LogP contribution in [0.2, 0.25) is 0 Å². The lowest BCUT2D eigenvalue weighted by molar-refractivity contribution is 4.02. The third-order valence-electron chi connectivity index (χ3n) is 0. The summed E-state index contributed by atoms with van der Waals surface area (Å²) in [5.41, 5.74) is 0. The molecule has 0 heterocycles. The van der Waals surface area contributed by atoms with Crippen LogP contribution in [0.4, 0.5) is 0 Å². The van der Waals surface area contributed by atoms with Crippen LogP contribution in [0.1, 0.15) is 0 Å². The predicted molar refractivity (Wildman–Crippen MR) is 27.2 cm³/mol. The molecule has 0 aliphatic rings. The first-order valence-electron chi connectivity index (χ1n) is 0.667. The van der Waals surface area contributed by atoms with Crippen molar-refractivity contribution in [2.24, 2.45) is 0 Å². The van der Waals surface area contributed by atoms with Crippen LogP contribution in [0.3, 0.4) is 0 Å². The Morgan fingerprint density at radius 3 is 1.50 bits per heavy atom. The van der Waals surface area contributed by atoms with E-state index in [1.165, 1.54) is 0 Å². The normalized spacial score (nSPS) is 6.25. The maximum absolute atomic E-state index is 5.00. The molecule has 0 unspecified atom stereocenters. The van der Waals surface area contributed by atoms with E-state index in [-0.39, 0.29) is 14.1 Å². The van der Waals surface area contributed by atoms with Crippen molar-refractivity contribution >= 4 is 29.6 Å². The first-order chi connectivity index (χ1) is 1.73. The zero-order chi connectivity index (χ0) is 3.58. The summed E-state index contributed by atoms with van der Waals surface area (Å²) in [5, 5.41) is 0. The molecule has 4 heteroatoms. The van der Waals surface area contributed by atoms with Crippen LogP contribution in [-0.4, -0.2) is 29.6 Å². The van der Waals surface area contributed by atoms with Gasteiger partial charge in [0, 0.05) is 0 Å².